The molecule has 0 radical (unpaired) electrons. The Morgan fingerprint density at radius 3 is 2.26 bits per heavy atom. The number of carbonyl (C=O) groups is 2. The molecule has 8 heteroatoms. The van der Waals surface area contributed by atoms with E-state index < -0.39 is 16.7 Å². The molecule has 23 heavy (non-hydrogen) atoms. The fourth-order valence-corrected chi connectivity index (χ4v) is 1.89. The summed E-state index contributed by atoms with van der Waals surface area (Å²) in [6.07, 6.45) is 0. The minimum atomic E-state index is -0.674. The van der Waals surface area contributed by atoms with Crippen LogP contribution in [-0.4, -0.2) is 21.8 Å². The molecule has 0 aliphatic carbocycles. The van der Waals surface area contributed by atoms with Crippen LogP contribution in [0.3, 0.4) is 0 Å². The van der Waals surface area contributed by atoms with Crippen LogP contribution in [0.15, 0.2) is 48.5 Å². The Hall–Kier alpha value is -3.42. The number of benzene rings is 2. The summed E-state index contributed by atoms with van der Waals surface area (Å²) in [5.74, 6) is -1.42. The highest BCUT2D eigenvalue weighted by atomic mass is 16.6. The molecule has 2 N–H and O–H groups in total. The van der Waals surface area contributed by atoms with Crippen molar-refractivity contribution >= 4 is 23.2 Å². The van der Waals surface area contributed by atoms with Crippen molar-refractivity contribution in [3.8, 4) is 5.75 Å². The third-order valence-corrected chi connectivity index (χ3v) is 2.93. The van der Waals surface area contributed by atoms with E-state index in [-0.39, 0.29) is 22.7 Å². The number of amides is 2. The number of nitro benzene ring substituents is 1. The van der Waals surface area contributed by atoms with Crippen molar-refractivity contribution in [1.29, 1.82) is 0 Å². The summed E-state index contributed by atoms with van der Waals surface area (Å²) in [6, 6.07) is 10.9. The summed E-state index contributed by atoms with van der Waals surface area (Å²) in [4.78, 5) is 34.0. The fourth-order valence-electron chi connectivity index (χ4n) is 1.89. The van der Waals surface area contributed by atoms with E-state index in [1.165, 1.54) is 43.3 Å². The first kappa shape index (κ1) is 16.0. The van der Waals surface area contributed by atoms with Crippen LogP contribution in [0.4, 0.5) is 11.4 Å². The topological polar surface area (TPSA) is 113 Å². The molecule has 0 heterocycles. The van der Waals surface area contributed by atoms with Gasteiger partial charge < -0.3 is 5.11 Å². The quantitative estimate of drug-likeness (QED) is 0.664. The first-order valence-electron chi connectivity index (χ1n) is 6.54. The van der Waals surface area contributed by atoms with Gasteiger partial charge in [0.2, 0.25) is 5.91 Å². The lowest BCUT2D eigenvalue weighted by Gasteiger charge is -2.23. The van der Waals surface area contributed by atoms with Crippen molar-refractivity contribution in [1.82, 2.24) is 5.43 Å². The molecule has 2 aromatic rings. The number of hydrogen-bond donors (Lipinski definition) is 2. The van der Waals surface area contributed by atoms with Crippen LogP contribution in [0, 0.1) is 10.1 Å². The molecular weight excluding hydrogens is 302 g/mol. The molecule has 2 aromatic carbocycles. The van der Waals surface area contributed by atoms with Crippen LogP contribution >= 0.6 is 0 Å². The van der Waals surface area contributed by atoms with Gasteiger partial charge in [-0.15, -0.1) is 0 Å². The van der Waals surface area contributed by atoms with Crippen molar-refractivity contribution in [2.45, 2.75) is 6.92 Å². The van der Waals surface area contributed by atoms with Gasteiger partial charge in [-0.1, -0.05) is 12.1 Å². The van der Waals surface area contributed by atoms with Gasteiger partial charge in [-0.2, -0.15) is 0 Å². The number of rotatable bonds is 3. The minimum Gasteiger partial charge on any atom is -0.507 e. The number of phenols is 1. The maximum Gasteiger partial charge on any atom is 0.280 e. The first-order valence-corrected chi connectivity index (χ1v) is 6.54. The normalized spacial score (nSPS) is 9.96. The molecule has 0 aromatic heterocycles. The Bertz CT molecular complexity index is 758. The highest BCUT2D eigenvalue weighted by Crippen LogP contribution is 2.23. The van der Waals surface area contributed by atoms with Crippen molar-refractivity contribution in [3.63, 3.8) is 0 Å². The Morgan fingerprint density at radius 1 is 1.13 bits per heavy atom. The maximum atomic E-state index is 12.5. The Kier molecular flexibility index (Phi) is 4.55. The van der Waals surface area contributed by atoms with E-state index in [4.69, 9.17) is 0 Å². The molecule has 0 atom stereocenters. The van der Waals surface area contributed by atoms with Gasteiger partial charge in [0, 0.05) is 19.1 Å². The molecule has 0 saturated heterocycles. The van der Waals surface area contributed by atoms with Crippen LogP contribution in [0.5, 0.6) is 5.75 Å². The monoisotopic (exact) mass is 315 g/mol. The third-order valence-electron chi connectivity index (χ3n) is 2.93. The van der Waals surface area contributed by atoms with Crippen LogP contribution in [0.1, 0.15) is 17.3 Å². The molecule has 0 bridgehead atoms. The maximum absolute atomic E-state index is 12.5. The number of anilines is 1. The van der Waals surface area contributed by atoms with Crippen LogP contribution < -0.4 is 10.4 Å². The van der Waals surface area contributed by atoms with E-state index in [0.717, 1.165) is 5.01 Å². The average molecular weight is 315 g/mol. The number of non-ortho nitro benzene ring substituents is 1. The van der Waals surface area contributed by atoms with Gasteiger partial charge in [0.05, 0.1) is 16.2 Å². The van der Waals surface area contributed by atoms with E-state index in [9.17, 15) is 24.8 Å². The zero-order valence-corrected chi connectivity index (χ0v) is 12.1. The molecule has 0 fully saturated rings. The highest BCUT2D eigenvalue weighted by Gasteiger charge is 2.22. The smallest absolute Gasteiger partial charge is 0.280 e. The molecule has 2 amide bonds. The van der Waals surface area contributed by atoms with Gasteiger partial charge >= 0.3 is 0 Å². The van der Waals surface area contributed by atoms with Crippen LogP contribution in [-0.2, 0) is 4.79 Å². The summed E-state index contributed by atoms with van der Waals surface area (Å²) in [6.45, 7) is 1.22. The zero-order chi connectivity index (χ0) is 17.0. The fraction of sp³-hybridized carbons (Fsp3) is 0.0667. The van der Waals surface area contributed by atoms with Crippen molar-refractivity contribution in [3.05, 3.63) is 64.2 Å². The Balaban J connectivity index is 2.40. The van der Waals surface area contributed by atoms with Crippen LogP contribution in [0.25, 0.3) is 0 Å². The molecule has 0 spiro atoms. The average Bonchev–Trinajstić information content (AvgIpc) is 2.52. The van der Waals surface area contributed by atoms with Gasteiger partial charge in [0.15, 0.2) is 0 Å². The van der Waals surface area contributed by atoms with E-state index in [2.05, 4.69) is 5.43 Å². The standard InChI is InChI=1S/C15H13N3O5/c1-10(19)16-17(11-6-8-12(9-7-11)18(22)23)15(21)13-4-2-3-5-14(13)20/h2-9,20H,1H3,(H,16,19). The minimum absolute atomic E-state index is 0.0143. The molecule has 0 saturated carbocycles. The second-order valence-corrected chi connectivity index (χ2v) is 4.60. The lowest BCUT2D eigenvalue weighted by Crippen LogP contribution is -2.45. The third kappa shape index (κ3) is 3.62. The van der Waals surface area contributed by atoms with Gasteiger partial charge in [0.1, 0.15) is 5.75 Å². The van der Waals surface area contributed by atoms with Crippen molar-refractivity contribution in [2.24, 2.45) is 0 Å². The van der Waals surface area contributed by atoms with Gasteiger partial charge in [-0.3, -0.25) is 25.1 Å². The van der Waals surface area contributed by atoms with Crippen LogP contribution in [0.2, 0.25) is 0 Å². The largest absolute Gasteiger partial charge is 0.507 e. The predicted molar refractivity (Wildman–Crippen MR) is 81.8 cm³/mol. The Morgan fingerprint density at radius 2 is 1.74 bits per heavy atom. The van der Waals surface area contributed by atoms with Crippen molar-refractivity contribution < 1.29 is 19.6 Å². The summed E-state index contributed by atoms with van der Waals surface area (Å²) >= 11 is 0. The molecule has 118 valence electrons. The number of carbonyl (C=O) groups excluding carboxylic acids is 2. The SMILES string of the molecule is CC(=O)NN(C(=O)c1ccccc1O)c1ccc([N+](=O)[O-])cc1. The van der Waals surface area contributed by atoms with Crippen molar-refractivity contribution in [2.75, 3.05) is 5.01 Å². The number of nitrogens with zero attached hydrogens (tertiary/aromatic N) is 2. The summed E-state index contributed by atoms with van der Waals surface area (Å²) < 4.78 is 0. The number of para-hydroxylation sites is 1. The Labute approximate surface area is 131 Å². The number of hydrazine groups is 1. The van der Waals surface area contributed by atoms with E-state index in [0.29, 0.717) is 0 Å². The predicted octanol–water partition coefficient (Wildman–Crippen LogP) is 2.00. The summed E-state index contributed by atoms with van der Waals surface area (Å²) in [5, 5.41) is 21.4. The number of nitrogens with one attached hydrogen (secondary N) is 1. The summed E-state index contributed by atoms with van der Waals surface area (Å²) in [5.41, 5.74) is 2.39. The lowest BCUT2D eigenvalue weighted by atomic mass is 10.1. The van der Waals surface area contributed by atoms with Gasteiger partial charge in [-0.25, -0.2) is 5.01 Å². The van der Waals surface area contributed by atoms with Gasteiger partial charge in [0.25, 0.3) is 11.6 Å². The van der Waals surface area contributed by atoms with Gasteiger partial charge in [-0.05, 0) is 24.3 Å². The van der Waals surface area contributed by atoms with E-state index in [1.807, 2.05) is 0 Å². The molecule has 0 unspecified atom stereocenters. The molecular formula is C15H13N3O5. The number of phenolic OH excluding ortho intramolecular Hbond substituents is 1. The molecule has 2 rings (SSSR count). The zero-order valence-electron chi connectivity index (χ0n) is 12.1. The second-order valence-electron chi connectivity index (χ2n) is 4.60. The number of aromatic hydroxyl groups is 1. The first-order chi connectivity index (χ1) is 10.9. The molecule has 8 nitrogen and oxygen atoms in total. The van der Waals surface area contributed by atoms with E-state index >= 15 is 0 Å². The number of hydrogen-bond acceptors (Lipinski definition) is 5. The van der Waals surface area contributed by atoms with E-state index in [1.54, 1.807) is 12.1 Å². The molecule has 0 aliphatic heterocycles. The molecule has 0 aliphatic rings. The number of nitro groups is 1. The summed E-state index contributed by atoms with van der Waals surface area (Å²) in [7, 11) is 0. The highest BCUT2D eigenvalue weighted by molar-refractivity contribution is 6.08. The lowest BCUT2D eigenvalue weighted by molar-refractivity contribution is -0.384. The second kappa shape index (κ2) is 6.56.